The van der Waals surface area contributed by atoms with Gasteiger partial charge in [-0.05, 0) is 42.0 Å². The molecule has 0 aliphatic rings. The topological polar surface area (TPSA) is 67.4 Å². The highest BCUT2D eigenvalue weighted by atomic mass is 32.2. The lowest BCUT2D eigenvalue weighted by Gasteiger charge is -2.19. The van der Waals surface area contributed by atoms with Gasteiger partial charge >= 0.3 is 6.18 Å². The second-order valence-electron chi connectivity index (χ2n) is 8.62. The number of rotatable bonds is 8. The molecule has 4 rings (SSSR count). The number of carbonyl (C=O) groups is 2. The Morgan fingerprint density at radius 3 is 2.05 bits per heavy atom. The molecule has 0 heterocycles. The molecule has 5 nitrogen and oxygen atoms in total. The van der Waals surface area contributed by atoms with E-state index in [4.69, 9.17) is 4.74 Å². The van der Waals surface area contributed by atoms with Crippen molar-refractivity contribution in [1.29, 1.82) is 0 Å². The second-order valence-corrected chi connectivity index (χ2v) is 9.79. The molecule has 0 aliphatic heterocycles. The summed E-state index contributed by atoms with van der Waals surface area (Å²) in [5, 5.41) is 3.09. The number of methoxy groups -OCH3 is 1. The molecule has 0 radical (unpaired) electrons. The third kappa shape index (κ3) is 6.68. The fourth-order valence-electron chi connectivity index (χ4n) is 3.83. The van der Waals surface area contributed by atoms with E-state index in [1.807, 2.05) is 0 Å². The van der Waals surface area contributed by atoms with E-state index in [-0.39, 0.29) is 0 Å². The Morgan fingerprint density at radius 2 is 1.43 bits per heavy atom. The zero-order valence-corrected chi connectivity index (χ0v) is 22.2. The molecule has 0 fully saturated rings. The summed E-state index contributed by atoms with van der Waals surface area (Å²) in [7, 11) is 1.45. The number of ether oxygens (including phenoxy) is 1. The Kier molecular flexibility index (Phi) is 9.10. The van der Waals surface area contributed by atoms with E-state index in [9.17, 15) is 40.3 Å². The molecule has 218 valence electrons. The van der Waals surface area contributed by atoms with Gasteiger partial charge in [-0.2, -0.15) is 13.2 Å². The van der Waals surface area contributed by atoms with Gasteiger partial charge in [0, 0.05) is 16.1 Å². The van der Waals surface area contributed by atoms with Crippen molar-refractivity contribution >= 4 is 35.0 Å². The first-order valence-corrected chi connectivity index (χ1v) is 12.8. The quantitative estimate of drug-likeness (QED) is 0.121. The highest BCUT2D eigenvalue weighted by molar-refractivity contribution is 8.00. The fourth-order valence-corrected chi connectivity index (χ4v) is 4.91. The van der Waals surface area contributed by atoms with Crippen molar-refractivity contribution in [3.63, 3.8) is 0 Å². The minimum absolute atomic E-state index is 0.291. The maximum absolute atomic E-state index is 14.5. The van der Waals surface area contributed by atoms with Crippen LogP contribution < -0.4 is 15.4 Å². The van der Waals surface area contributed by atoms with Crippen LogP contribution >= 0.6 is 11.8 Å². The molecule has 4 aromatic carbocycles. The molecule has 0 spiro atoms. The fraction of sp³-hybridized carbons (Fsp3) is 0.103. The van der Waals surface area contributed by atoms with E-state index < -0.39 is 57.8 Å². The van der Waals surface area contributed by atoms with Gasteiger partial charge in [-0.1, -0.05) is 42.5 Å². The van der Waals surface area contributed by atoms with E-state index in [0.717, 1.165) is 11.8 Å². The van der Waals surface area contributed by atoms with Gasteiger partial charge in [0.2, 0.25) is 5.91 Å². The number of halogens is 7. The molecule has 0 aliphatic carbocycles. The molecule has 13 heteroatoms. The van der Waals surface area contributed by atoms with Crippen LogP contribution in [0.25, 0.3) is 0 Å². The largest absolute Gasteiger partial charge is 0.497 e. The van der Waals surface area contributed by atoms with Crippen LogP contribution in [0.15, 0.2) is 83.8 Å². The van der Waals surface area contributed by atoms with Crippen LogP contribution in [0.5, 0.6) is 5.75 Å². The number of hydrogen-bond acceptors (Lipinski definition) is 4. The Labute approximate surface area is 238 Å². The summed E-state index contributed by atoms with van der Waals surface area (Å²) in [6.07, 6.45) is -5.73. The standard InChI is InChI=1S/C29H19F7N2O3S/c1-41-18-11-5-9-16(13-18)27(39)37-17-10-6-12-19(14-17)42-26(15-7-3-2-4-8-15)28(40)38-25-23(32)21(30)20(29(34,35)36)22(31)24(25)33/h2-14,26H,1H3,(H,37,39)(H,38,40). The summed E-state index contributed by atoms with van der Waals surface area (Å²) in [6.45, 7) is 0. The van der Waals surface area contributed by atoms with E-state index in [0.29, 0.717) is 27.5 Å². The monoisotopic (exact) mass is 608 g/mol. The number of alkyl halides is 3. The zero-order valence-electron chi connectivity index (χ0n) is 21.4. The molecule has 0 aromatic heterocycles. The highest BCUT2D eigenvalue weighted by Gasteiger charge is 2.42. The summed E-state index contributed by atoms with van der Waals surface area (Å²) in [5.41, 5.74) is -3.54. The van der Waals surface area contributed by atoms with Crippen molar-refractivity contribution in [1.82, 2.24) is 0 Å². The Bertz CT molecular complexity index is 1600. The minimum atomic E-state index is -5.73. The smallest absolute Gasteiger partial charge is 0.422 e. The zero-order chi connectivity index (χ0) is 30.6. The minimum Gasteiger partial charge on any atom is -0.497 e. The molecule has 0 bridgehead atoms. The van der Waals surface area contributed by atoms with Crippen LogP contribution in [-0.2, 0) is 11.0 Å². The SMILES string of the molecule is COc1cccc(C(=O)Nc2cccc(SC(C(=O)Nc3c(F)c(F)c(C(F)(F)F)c(F)c3F)c3ccccc3)c2)c1. The molecule has 4 aromatic rings. The molecule has 2 N–H and O–H groups in total. The van der Waals surface area contributed by atoms with Gasteiger partial charge in [0.25, 0.3) is 5.91 Å². The van der Waals surface area contributed by atoms with Gasteiger partial charge in [0.15, 0.2) is 23.3 Å². The highest BCUT2D eigenvalue weighted by Crippen LogP contribution is 2.41. The molecular weight excluding hydrogens is 589 g/mol. The third-order valence-corrected chi connectivity index (χ3v) is 7.06. The number of anilines is 2. The number of thioether (sulfide) groups is 1. The molecule has 1 unspecified atom stereocenters. The van der Waals surface area contributed by atoms with Crippen LogP contribution in [-0.4, -0.2) is 18.9 Å². The van der Waals surface area contributed by atoms with Gasteiger partial charge in [-0.25, -0.2) is 17.6 Å². The second kappa shape index (κ2) is 12.6. The van der Waals surface area contributed by atoms with Crippen molar-refractivity contribution in [2.75, 3.05) is 17.7 Å². The third-order valence-electron chi connectivity index (χ3n) is 5.81. The number of hydrogen-bond donors (Lipinski definition) is 2. The molecular formula is C29H19F7N2O3S. The van der Waals surface area contributed by atoms with E-state index in [1.165, 1.54) is 31.4 Å². The number of amides is 2. The average molecular weight is 609 g/mol. The van der Waals surface area contributed by atoms with Crippen molar-refractivity contribution in [2.24, 2.45) is 0 Å². The lowest BCUT2D eigenvalue weighted by atomic mass is 10.1. The normalized spacial score (nSPS) is 12.0. The Hall–Kier alpha value is -4.52. The lowest BCUT2D eigenvalue weighted by Crippen LogP contribution is -2.23. The van der Waals surface area contributed by atoms with Crippen molar-refractivity contribution in [3.8, 4) is 5.75 Å². The van der Waals surface area contributed by atoms with Gasteiger partial charge in [-0.15, -0.1) is 11.8 Å². The van der Waals surface area contributed by atoms with Crippen molar-refractivity contribution in [2.45, 2.75) is 16.3 Å². The van der Waals surface area contributed by atoms with Crippen LogP contribution in [0.4, 0.5) is 42.1 Å². The summed E-state index contributed by atoms with van der Waals surface area (Å²) in [6, 6.07) is 20.3. The summed E-state index contributed by atoms with van der Waals surface area (Å²) in [4.78, 5) is 26.3. The van der Waals surface area contributed by atoms with Gasteiger partial charge < -0.3 is 15.4 Å². The predicted molar refractivity (Wildman–Crippen MR) is 142 cm³/mol. The maximum Gasteiger partial charge on any atom is 0.422 e. The number of benzene rings is 4. The molecule has 42 heavy (non-hydrogen) atoms. The van der Waals surface area contributed by atoms with Crippen LogP contribution in [0.2, 0.25) is 0 Å². The average Bonchev–Trinajstić information content (AvgIpc) is 2.97. The first-order valence-electron chi connectivity index (χ1n) is 11.9. The Balaban J connectivity index is 1.62. The van der Waals surface area contributed by atoms with E-state index in [2.05, 4.69) is 5.32 Å². The summed E-state index contributed by atoms with van der Waals surface area (Å²) >= 11 is 0.844. The number of carbonyl (C=O) groups excluding carboxylic acids is 2. The van der Waals surface area contributed by atoms with Crippen LogP contribution in [0.1, 0.15) is 26.7 Å². The summed E-state index contributed by atoms with van der Waals surface area (Å²) < 4.78 is 101. The van der Waals surface area contributed by atoms with Gasteiger partial charge in [0.1, 0.15) is 22.3 Å². The first kappa shape index (κ1) is 30.4. The van der Waals surface area contributed by atoms with Crippen LogP contribution in [0, 0.1) is 23.3 Å². The van der Waals surface area contributed by atoms with Crippen molar-refractivity contribution in [3.05, 3.63) is 119 Å². The van der Waals surface area contributed by atoms with Crippen LogP contribution in [0.3, 0.4) is 0 Å². The molecule has 2 amide bonds. The van der Waals surface area contributed by atoms with Gasteiger partial charge in [-0.3, -0.25) is 9.59 Å². The molecule has 0 saturated carbocycles. The number of nitrogens with one attached hydrogen (secondary N) is 2. The predicted octanol–water partition coefficient (Wildman–Crippen LogP) is 7.99. The van der Waals surface area contributed by atoms with Gasteiger partial charge in [0.05, 0.1) is 7.11 Å². The molecule has 0 saturated heterocycles. The summed E-state index contributed by atoms with van der Waals surface area (Å²) in [5.74, 6) is -11.4. The Morgan fingerprint density at radius 1 is 0.786 bits per heavy atom. The van der Waals surface area contributed by atoms with E-state index >= 15 is 0 Å². The van der Waals surface area contributed by atoms with E-state index in [1.54, 1.807) is 59.9 Å². The first-order chi connectivity index (χ1) is 19.9. The van der Waals surface area contributed by atoms with Crippen molar-refractivity contribution < 1.29 is 45.1 Å². The lowest BCUT2D eigenvalue weighted by molar-refractivity contribution is -0.143. The molecule has 1 atom stereocenters. The maximum atomic E-state index is 14.5.